The number of aryl methyl sites for hydroxylation is 1. The van der Waals surface area contributed by atoms with Gasteiger partial charge in [-0.15, -0.1) is 12.4 Å². The molecule has 1 aliphatic rings. The van der Waals surface area contributed by atoms with Gasteiger partial charge >= 0.3 is 0 Å². The van der Waals surface area contributed by atoms with Crippen molar-refractivity contribution in [3.63, 3.8) is 0 Å². The highest BCUT2D eigenvalue weighted by Crippen LogP contribution is 2.18. The normalized spacial score (nSPS) is 12.9. The Balaban J connectivity index is 0.00000225. The summed E-state index contributed by atoms with van der Waals surface area (Å²) in [6, 6.07) is 7.95. The van der Waals surface area contributed by atoms with Crippen LogP contribution in [0, 0.1) is 6.92 Å². The summed E-state index contributed by atoms with van der Waals surface area (Å²) in [5, 5.41) is 10.5. The van der Waals surface area contributed by atoms with Crippen molar-refractivity contribution >= 4 is 18.3 Å². The number of H-pyrrole nitrogens is 1. The van der Waals surface area contributed by atoms with Gasteiger partial charge in [-0.3, -0.25) is 9.89 Å². The van der Waals surface area contributed by atoms with Crippen LogP contribution in [0.4, 0.5) is 0 Å². The van der Waals surface area contributed by atoms with E-state index in [1.165, 1.54) is 0 Å². The molecule has 2 heterocycles. The summed E-state index contributed by atoms with van der Waals surface area (Å²) < 4.78 is 5.78. The van der Waals surface area contributed by atoms with Crippen molar-refractivity contribution in [2.24, 2.45) is 0 Å². The Morgan fingerprint density at radius 1 is 1.36 bits per heavy atom. The lowest BCUT2D eigenvalue weighted by atomic mass is 10.1. The molecule has 2 aromatic rings. The van der Waals surface area contributed by atoms with Crippen LogP contribution in [0.5, 0.6) is 5.75 Å². The number of carbonyl (C=O) groups excluding carboxylic acids is 1. The minimum atomic E-state index is -0.0351. The van der Waals surface area contributed by atoms with Crippen molar-refractivity contribution in [2.45, 2.75) is 26.3 Å². The Hall–Kier alpha value is -2.05. The number of amides is 1. The van der Waals surface area contributed by atoms with Gasteiger partial charge < -0.3 is 15.0 Å². The molecule has 1 amide bonds. The molecule has 1 aliphatic heterocycles. The first kappa shape index (κ1) is 19.3. The van der Waals surface area contributed by atoms with E-state index in [4.69, 9.17) is 4.74 Å². The van der Waals surface area contributed by atoms with Gasteiger partial charge in [0.2, 0.25) is 0 Å². The molecule has 0 saturated carbocycles. The number of para-hydroxylation sites is 1. The number of benzene rings is 1. The van der Waals surface area contributed by atoms with Crippen LogP contribution < -0.4 is 10.1 Å². The van der Waals surface area contributed by atoms with Crippen LogP contribution in [0.15, 0.2) is 24.3 Å². The number of hydrogen-bond acceptors (Lipinski definition) is 4. The lowest BCUT2D eigenvalue weighted by Crippen LogP contribution is -2.31. The van der Waals surface area contributed by atoms with Gasteiger partial charge in [0.15, 0.2) is 5.69 Å². The summed E-state index contributed by atoms with van der Waals surface area (Å²) in [6.45, 7) is 4.88. The smallest absolute Gasteiger partial charge is 0.274 e. The van der Waals surface area contributed by atoms with Crippen molar-refractivity contribution in [3.05, 3.63) is 46.8 Å². The van der Waals surface area contributed by atoms with Crippen molar-refractivity contribution in [2.75, 3.05) is 26.7 Å². The summed E-state index contributed by atoms with van der Waals surface area (Å²) in [5.41, 5.74) is 3.75. The molecule has 0 fully saturated rings. The predicted molar refractivity (Wildman–Crippen MR) is 99.5 cm³/mol. The van der Waals surface area contributed by atoms with E-state index in [1.807, 2.05) is 38.2 Å². The van der Waals surface area contributed by atoms with Crippen molar-refractivity contribution in [3.8, 4) is 5.75 Å². The van der Waals surface area contributed by atoms with E-state index < -0.39 is 0 Å². The quantitative estimate of drug-likeness (QED) is 0.772. The molecule has 6 nitrogen and oxygen atoms in total. The van der Waals surface area contributed by atoms with E-state index in [-0.39, 0.29) is 18.3 Å². The molecule has 0 bridgehead atoms. The monoisotopic (exact) mass is 364 g/mol. The molecule has 1 aromatic carbocycles. The molecule has 0 atom stereocenters. The maximum absolute atomic E-state index is 12.6. The molecule has 1 aromatic heterocycles. The van der Waals surface area contributed by atoms with Crippen molar-refractivity contribution < 1.29 is 9.53 Å². The van der Waals surface area contributed by atoms with E-state index in [9.17, 15) is 4.79 Å². The number of halogens is 1. The number of aromatic nitrogens is 2. The third-order valence-corrected chi connectivity index (χ3v) is 4.34. The first-order valence-electron chi connectivity index (χ1n) is 8.37. The Bertz CT molecular complexity index is 717. The summed E-state index contributed by atoms with van der Waals surface area (Å²) in [6.07, 6.45) is 1.67. The van der Waals surface area contributed by atoms with E-state index in [2.05, 4.69) is 15.5 Å². The number of hydrogen-bond donors (Lipinski definition) is 2. The topological polar surface area (TPSA) is 70.2 Å². The van der Waals surface area contributed by atoms with Crippen LogP contribution in [0.3, 0.4) is 0 Å². The maximum Gasteiger partial charge on any atom is 0.274 e. The number of nitrogens with zero attached hydrogens (tertiary/aromatic N) is 2. The number of rotatable bonds is 6. The average molecular weight is 365 g/mol. The Kier molecular flexibility index (Phi) is 6.84. The van der Waals surface area contributed by atoms with Gasteiger partial charge in [0.25, 0.3) is 5.91 Å². The summed E-state index contributed by atoms with van der Waals surface area (Å²) >= 11 is 0. The van der Waals surface area contributed by atoms with Gasteiger partial charge in [-0.2, -0.15) is 5.10 Å². The lowest BCUT2D eigenvalue weighted by Gasteiger charge is -2.18. The van der Waals surface area contributed by atoms with E-state index in [0.29, 0.717) is 25.4 Å². The summed E-state index contributed by atoms with van der Waals surface area (Å²) in [5.74, 6) is 0.867. The third kappa shape index (κ3) is 4.52. The molecule has 3 rings (SSSR count). The van der Waals surface area contributed by atoms with Crippen LogP contribution in [0.2, 0.25) is 0 Å². The lowest BCUT2D eigenvalue weighted by molar-refractivity contribution is 0.0780. The van der Waals surface area contributed by atoms with Crippen LogP contribution in [-0.2, 0) is 13.0 Å². The summed E-state index contributed by atoms with van der Waals surface area (Å²) in [4.78, 5) is 14.3. The molecular formula is C18H25ClN4O2. The van der Waals surface area contributed by atoms with Crippen LogP contribution in [0.25, 0.3) is 0 Å². The fourth-order valence-corrected chi connectivity index (χ4v) is 2.89. The Morgan fingerprint density at radius 2 is 2.16 bits per heavy atom. The fourth-order valence-electron chi connectivity index (χ4n) is 2.89. The SMILES string of the molecule is Cc1ccccc1OCCCN(C)C(=O)c1n[nH]c2c1CNCC2.Cl. The number of nitrogens with one attached hydrogen (secondary N) is 2. The van der Waals surface area contributed by atoms with Gasteiger partial charge in [-0.25, -0.2) is 0 Å². The number of ether oxygens (including phenoxy) is 1. The second-order valence-electron chi connectivity index (χ2n) is 6.15. The zero-order valence-electron chi connectivity index (χ0n) is 14.7. The Morgan fingerprint density at radius 3 is 2.96 bits per heavy atom. The van der Waals surface area contributed by atoms with E-state index >= 15 is 0 Å². The Labute approximate surface area is 154 Å². The van der Waals surface area contributed by atoms with Crippen LogP contribution in [-0.4, -0.2) is 47.7 Å². The van der Waals surface area contributed by atoms with E-state index in [0.717, 1.165) is 42.0 Å². The van der Waals surface area contributed by atoms with Gasteiger partial charge in [0, 0.05) is 44.4 Å². The second-order valence-corrected chi connectivity index (χ2v) is 6.15. The molecule has 0 unspecified atom stereocenters. The zero-order valence-corrected chi connectivity index (χ0v) is 15.5. The minimum absolute atomic E-state index is 0. The summed E-state index contributed by atoms with van der Waals surface area (Å²) in [7, 11) is 1.81. The molecule has 7 heteroatoms. The van der Waals surface area contributed by atoms with Gasteiger partial charge in [0.05, 0.1) is 6.61 Å². The molecule has 0 spiro atoms. The molecule has 0 radical (unpaired) electrons. The highest BCUT2D eigenvalue weighted by molar-refractivity contribution is 5.93. The maximum atomic E-state index is 12.6. The fraction of sp³-hybridized carbons (Fsp3) is 0.444. The molecule has 0 aliphatic carbocycles. The first-order valence-corrected chi connectivity index (χ1v) is 8.37. The first-order chi connectivity index (χ1) is 11.7. The van der Waals surface area contributed by atoms with Crippen LogP contribution >= 0.6 is 12.4 Å². The molecular weight excluding hydrogens is 340 g/mol. The average Bonchev–Trinajstić information content (AvgIpc) is 3.03. The largest absolute Gasteiger partial charge is 0.493 e. The number of aromatic amines is 1. The van der Waals surface area contributed by atoms with Crippen molar-refractivity contribution in [1.29, 1.82) is 0 Å². The third-order valence-electron chi connectivity index (χ3n) is 4.34. The predicted octanol–water partition coefficient (Wildman–Crippen LogP) is 2.33. The number of carbonyl (C=O) groups is 1. The molecule has 25 heavy (non-hydrogen) atoms. The van der Waals surface area contributed by atoms with E-state index in [1.54, 1.807) is 4.90 Å². The highest BCUT2D eigenvalue weighted by Gasteiger charge is 2.23. The molecule has 2 N–H and O–H groups in total. The zero-order chi connectivity index (χ0) is 16.9. The van der Waals surface area contributed by atoms with Gasteiger partial charge in [-0.1, -0.05) is 18.2 Å². The van der Waals surface area contributed by atoms with Crippen LogP contribution in [0.1, 0.15) is 33.7 Å². The van der Waals surface area contributed by atoms with Crippen molar-refractivity contribution in [1.82, 2.24) is 20.4 Å². The minimum Gasteiger partial charge on any atom is -0.493 e. The second kappa shape index (κ2) is 8.87. The molecule has 0 saturated heterocycles. The highest BCUT2D eigenvalue weighted by atomic mass is 35.5. The molecule has 136 valence electrons. The van der Waals surface area contributed by atoms with Gasteiger partial charge in [-0.05, 0) is 25.0 Å². The number of fused-ring (bicyclic) bond motifs is 1. The standard InChI is InChI=1S/C18H24N4O2.ClH/c1-13-6-3-4-7-16(13)24-11-5-10-22(2)18(23)17-14-12-19-9-8-15(14)20-21-17;/h3-4,6-7,19H,5,8-12H2,1-2H3,(H,20,21);1H. The van der Waals surface area contributed by atoms with Gasteiger partial charge in [0.1, 0.15) is 5.75 Å².